The monoisotopic (exact) mass is 237 g/mol. The highest BCUT2D eigenvalue weighted by Crippen LogP contribution is 2.14. The van der Waals surface area contributed by atoms with E-state index in [4.69, 9.17) is 9.15 Å². The lowest BCUT2D eigenvalue weighted by Crippen LogP contribution is -2.42. The summed E-state index contributed by atoms with van der Waals surface area (Å²) in [6.07, 6.45) is 1.42. The number of hydrogen-bond acceptors (Lipinski definition) is 4. The van der Waals surface area contributed by atoms with Crippen LogP contribution in [-0.4, -0.2) is 24.5 Å². The van der Waals surface area contributed by atoms with E-state index >= 15 is 0 Å². The van der Waals surface area contributed by atoms with Gasteiger partial charge in [0.25, 0.3) is 5.91 Å². The maximum absolute atomic E-state index is 11.7. The lowest BCUT2D eigenvalue weighted by atomic mass is 10.1. The van der Waals surface area contributed by atoms with E-state index in [1.807, 2.05) is 6.92 Å². The third-order valence-corrected chi connectivity index (χ3v) is 2.70. The Morgan fingerprint density at radius 1 is 1.59 bits per heavy atom. The molecule has 0 bridgehead atoms. The molecule has 1 saturated heterocycles. The Morgan fingerprint density at radius 3 is 3.06 bits per heavy atom. The number of hydrogen-bond donors (Lipinski definition) is 1. The number of nitrogens with one attached hydrogen (secondary N) is 1. The SMILES string of the molecule is CCc1ccc(C(=O)O[C@H]2CCCNC2=O)o1. The number of rotatable bonds is 3. The summed E-state index contributed by atoms with van der Waals surface area (Å²) in [6, 6.07) is 3.30. The number of carbonyl (C=O) groups is 2. The van der Waals surface area contributed by atoms with Crippen LogP contribution >= 0.6 is 0 Å². The Morgan fingerprint density at radius 2 is 2.41 bits per heavy atom. The van der Waals surface area contributed by atoms with Crippen molar-refractivity contribution in [2.75, 3.05) is 6.54 Å². The number of amides is 1. The van der Waals surface area contributed by atoms with Gasteiger partial charge in [0.1, 0.15) is 5.76 Å². The molecule has 2 rings (SSSR count). The molecule has 1 aromatic rings. The summed E-state index contributed by atoms with van der Waals surface area (Å²) >= 11 is 0. The van der Waals surface area contributed by atoms with Gasteiger partial charge < -0.3 is 14.5 Å². The highest BCUT2D eigenvalue weighted by atomic mass is 16.6. The van der Waals surface area contributed by atoms with Gasteiger partial charge in [-0.25, -0.2) is 4.79 Å². The number of esters is 1. The lowest BCUT2D eigenvalue weighted by molar-refractivity contribution is -0.132. The molecule has 1 aromatic heterocycles. The minimum Gasteiger partial charge on any atom is -0.454 e. The summed E-state index contributed by atoms with van der Waals surface area (Å²) in [6.45, 7) is 2.58. The van der Waals surface area contributed by atoms with Crippen LogP contribution in [0.4, 0.5) is 0 Å². The van der Waals surface area contributed by atoms with Gasteiger partial charge >= 0.3 is 5.97 Å². The molecule has 0 radical (unpaired) electrons. The van der Waals surface area contributed by atoms with Crippen LogP contribution in [0.3, 0.4) is 0 Å². The van der Waals surface area contributed by atoms with Gasteiger partial charge in [-0.15, -0.1) is 0 Å². The average Bonchev–Trinajstić information content (AvgIpc) is 2.81. The van der Waals surface area contributed by atoms with Crippen LogP contribution in [0.5, 0.6) is 0 Å². The van der Waals surface area contributed by atoms with Crippen LogP contribution in [-0.2, 0) is 16.0 Å². The molecule has 0 aliphatic carbocycles. The Hall–Kier alpha value is -1.78. The minimum atomic E-state index is -0.688. The van der Waals surface area contributed by atoms with Gasteiger partial charge in [0.05, 0.1) is 0 Å². The first-order valence-corrected chi connectivity index (χ1v) is 5.78. The molecule has 0 unspecified atom stereocenters. The first kappa shape index (κ1) is 11.7. The Balaban J connectivity index is 1.98. The smallest absolute Gasteiger partial charge is 0.375 e. The molecule has 1 atom stereocenters. The van der Waals surface area contributed by atoms with Crippen LogP contribution in [0.2, 0.25) is 0 Å². The second-order valence-electron chi connectivity index (χ2n) is 3.95. The van der Waals surface area contributed by atoms with E-state index in [-0.39, 0.29) is 11.7 Å². The standard InChI is InChI=1S/C12H15NO4/c1-2-8-5-6-10(16-8)12(15)17-9-4-3-7-13-11(9)14/h5-6,9H,2-4,7H2,1H3,(H,13,14)/t9-/m0/s1. The summed E-state index contributed by atoms with van der Waals surface area (Å²) in [4.78, 5) is 23.1. The molecule has 2 heterocycles. The van der Waals surface area contributed by atoms with Crippen molar-refractivity contribution in [1.29, 1.82) is 0 Å². The Labute approximate surface area is 99.1 Å². The largest absolute Gasteiger partial charge is 0.454 e. The Bertz CT molecular complexity index is 424. The van der Waals surface area contributed by atoms with E-state index in [0.717, 1.165) is 18.6 Å². The fourth-order valence-corrected chi connectivity index (χ4v) is 1.72. The van der Waals surface area contributed by atoms with Gasteiger partial charge in [-0.3, -0.25) is 4.79 Å². The van der Waals surface area contributed by atoms with Crippen molar-refractivity contribution in [2.24, 2.45) is 0 Å². The van der Waals surface area contributed by atoms with Gasteiger partial charge in [-0.05, 0) is 25.0 Å². The molecule has 5 heteroatoms. The molecule has 1 amide bonds. The topological polar surface area (TPSA) is 68.5 Å². The number of furan rings is 1. The molecule has 0 saturated carbocycles. The van der Waals surface area contributed by atoms with Gasteiger partial charge in [0, 0.05) is 13.0 Å². The fourth-order valence-electron chi connectivity index (χ4n) is 1.72. The predicted octanol–water partition coefficient (Wildman–Crippen LogP) is 1.28. The Kier molecular flexibility index (Phi) is 3.46. The number of carbonyl (C=O) groups excluding carboxylic acids is 2. The first-order valence-electron chi connectivity index (χ1n) is 5.78. The first-order chi connectivity index (χ1) is 8.20. The molecule has 1 aliphatic rings. The zero-order chi connectivity index (χ0) is 12.3. The molecular weight excluding hydrogens is 222 g/mol. The van der Waals surface area contributed by atoms with Crippen molar-refractivity contribution in [3.63, 3.8) is 0 Å². The van der Waals surface area contributed by atoms with E-state index in [0.29, 0.717) is 13.0 Å². The van der Waals surface area contributed by atoms with Crippen molar-refractivity contribution >= 4 is 11.9 Å². The number of aryl methyl sites for hydroxylation is 1. The van der Waals surface area contributed by atoms with Crippen molar-refractivity contribution in [2.45, 2.75) is 32.3 Å². The highest BCUT2D eigenvalue weighted by Gasteiger charge is 2.27. The zero-order valence-corrected chi connectivity index (χ0v) is 9.69. The van der Waals surface area contributed by atoms with Gasteiger partial charge in [0.2, 0.25) is 5.76 Å². The number of ether oxygens (including phenoxy) is 1. The van der Waals surface area contributed by atoms with E-state index in [9.17, 15) is 9.59 Å². The summed E-state index contributed by atoms with van der Waals surface area (Å²) in [5.74, 6) is 0.0730. The van der Waals surface area contributed by atoms with Gasteiger partial charge in [0.15, 0.2) is 6.10 Å². The van der Waals surface area contributed by atoms with Crippen molar-refractivity contribution < 1.29 is 18.7 Å². The summed E-state index contributed by atoms with van der Waals surface area (Å²) in [5.41, 5.74) is 0. The summed E-state index contributed by atoms with van der Waals surface area (Å²) in [7, 11) is 0. The lowest BCUT2D eigenvalue weighted by Gasteiger charge is -2.21. The van der Waals surface area contributed by atoms with Gasteiger partial charge in [-0.1, -0.05) is 6.92 Å². The van der Waals surface area contributed by atoms with Crippen LogP contribution in [0, 0.1) is 0 Å². The maximum Gasteiger partial charge on any atom is 0.375 e. The normalized spacial score (nSPS) is 19.8. The quantitative estimate of drug-likeness (QED) is 0.804. The van der Waals surface area contributed by atoms with Crippen LogP contribution < -0.4 is 5.32 Å². The molecule has 17 heavy (non-hydrogen) atoms. The van der Waals surface area contributed by atoms with Crippen molar-refractivity contribution in [3.05, 3.63) is 23.7 Å². The highest BCUT2D eigenvalue weighted by molar-refractivity contribution is 5.90. The van der Waals surface area contributed by atoms with E-state index < -0.39 is 12.1 Å². The summed E-state index contributed by atoms with van der Waals surface area (Å²) in [5, 5.41) is 2.66. The zero-order valence-electron chi connectivity index (χ0n) is 9.69. The second kappa shape index (κ2) is 5.03. The van der Waals surface area contributed by atoms with Crippen molar-refractivity contribution in [1.82, 2.24) is 5.32 Å². The van der Waals surface area contributed by atoms with E-state index in [1.54, 1.807) is 12.1 Å². The molecular formula is C12H15NO4. The fraction of sp³-hybridized carbons (Fsp3) is 0.500. The van der Waals surface area contributed by atoms with E-state index in [2.05, 4.69) is 5.32 Å². The molecule has 1 fully saturated rings. The number of piperidine rings is 1. The maximum atomic E-state index is 11.7. The molecule has 1 aliphatic heterocycles. The predicted molar refractivity (Wildman–Crippen MR) is 59.5 cm³/mol. The van der Waals surface area contributed by atoms with Crippen molar-refractivity contribution in [3.8, 4) is 0 Å². The minimum absolute atomic E-state index is 0.153. The molecule has 0 aromatic carbocycles. The van der Waals surface area contributed by atoms with Crippen LogP contribution in [0.1, 0.15) is 36.1 Å². The van der Waals surface area contributed by atoms with E-state index in [1.165, 1.54) is 0 Å². The third-order valence-electron chi connectivity index (χ3n) is 2.70. The molecule has 1 N–H and O–H groups in total. The summed E-state index contributed by atoms with van der Waals surface area (Å²) < 4.78 is 10.4. The van der Waals surface area contributed by atoms with Gasteiger partial charge in [-0.2, -0.15) is 0 Å². The van der Waals surface area contributed by atoms with Crippen LogP contribution in [0.15, 0.2) is 16.5 Å². The van der Waals surface area contributed by atoms with Crippen LogP contribution in [0.25, 0.3) is 0 Å². The third kappa shape index (κ3) is 2.67. The molecule has 5 nitrogen and oxygen atoms in total. The average molecular weight is 237 g/mol. The molecule has 92 valence electrons. The molecule has 0 spiro atoms. The second-order valence-corrected chi connectivity index (χ2v) is 3.95.